The number of rotatable bonds is 5. The fraction of sp³-hybridized carbons (Fsp3) is 0. The van der Waals surface area contributed by atoms with Crippen LogP contribution in [0.1, 0.15) is 42.6 Å². The van der Waals surface area contributed by atoms with Crippen LogP contribution in [0.15, 0.2) is 60.8 Å². The number of aromatic carboxylic acids is 1. The van der Waals surface area contributed by atoms with Crippen molar-refractivity contribution in [3.05, 3.63) is 95.1 Å². The van der Waals surface area contributed by atoms with Crippen molar-refractivity contribution in [3.8, 4) is 0 Å². The van der Waals surface area contributed by atoms with Gasteiger partial charge >= 0.3 is 5.97 Å². The van der Waals surface area contributed by atoms with E-state index < -0.39 is 11.8 Å². The summed E-state index contributed by atoms with van der Waals surface area (Å²) in [5.74, 6) is -2.10. The van der Waals surface area contributed by atoms with E-state index in [4.69, 9.17) is 5.11 Å². The smallest absolute Gasteiger partial charge is 0.354 e. The number of aromatic nitrogens is 2. The van der Waals surface area contributed by atoms with Crippen molar-refractivity contribution in [1.29, 1.82) is 0 Å². The van der Waals surface area contributed by atoms with E-state index in [1.165, 1.54) is 36.5 Å². The third kappa shape index (κ3) is 4.16. The molecule has 132 valence electrons. The van der Waals surface area contributed by atoms with Gasteiger partial charge in [0.25, 0.3) is 0 Å². The van der Waals surface area contributed by atoms with Crippen LogP contribution in [0.25, 0.3) is 0 Å². The second-order valence-electron chi connectivity index (χ2n) is 5.06. The minimum absolute atomic E-state index is 0. The van der Waals surface area contributed by atoms with Crippen LogP contribution in [-0.4, -0.2) is 32.6 Å². The number of carboxylic acids is 1. The third-order valence-electron chi connectivity index (χ3n) is 3.38. The number of pyridine rings is 2. The second-order valence-corrected chi connectivity index (χ2v) is 5.06. The Morgan fingerprint density at radius 1 is 0.769 bits per heavy atom. The van der Waals surface area contributed by atoms with Gasteiger partial charge in [0, 0.05) is 27.3 Å². The van der Waals surface area contributed by atoms with E-state index in [9.17, 15) is 14.4 Å². The molecule has 3 aromatic rings. The van der Waals surface area contributed by atoms with Crippen LogP contribution in [0.5, 0.6) is 0 Å². The van der Waals surface area contributed by atoms with Gasteiger partial charge in [-0.3, -0.25) is 4.98 Å². The Hall–Kier alpha value is -2.98. The van der Waals surface area contributed by atoms with Gasteiger partial charge in [0.1, 0.15) is 17.3 Å². The molecule has 1 aromatic carbocycles. The molecule has 0 bridgehead atoms. The summed E-state index contributed by atoms with van der Waals surface area (Å²) in [4.78, 5) is 43.7. The molecule has 0 radical (unpaired) electrons. The van der Waals surface area contributed by atoms with Crippen molar-refractivity contribution < 1.29 is 40.6 Å². The van der Waals surface area contributed by atoms with Crippen molar-refractivity contribution in [2.75, 3.05) is 0 Å². The molecular formula is C19H11N2O4Pt-. The number of ketones is 2. The first-order valence-corrected chi connectivity index (χ1v) is 7.29. The summed E-state index contributed by atoms with van der Waals surface area (Å²) in [6.45, 7) is 0. The van der Waals surface area contributed by atoms with Crippen LogP contribution in [0, 0.1) is 6.07 Å². The maximum atomic E-state index is 12.5. The molecule has 0 aliphatic carbocycles. The predicted molar refractivity (Wildman–Crippen MR) is 87.6 cm³/mol. The molecule has 0 amide bonds. The summed E-state index contributed by atoms with van der Waals surface area (Å²) in [6, 6.07) is 16.5. The molecule has 0 aliphatic rings. The molecule has 0 saturated carbocycles. The van der Waals surface area contributed by atoms with E-state index in [-0.39, 0.29) is 55.1 Å². The molecular weight excluding hydrogens is 515 g/mol. The molecule has 0 aliphatic heterocycles. The van der Waals surface area contributed by atoms with Gasteiger partial charge in [0.05, 0.1) is 11.4 Å². The fourth-order valence-corrected chi connectivity index (χ4v) is 2.19. The summed E-state index contributed by atoms with van der Waals surface area (Å²) >= 11 is 0. The van der Waals surface area contributed by atoms with E-state index in [1.807, 2.05) is 0 Å². The average molecular weight is 526 g/mol. The molecule has 26 heavy (non-hydrogen) atoms. The molecule has 0 saturated heterocycles. The molecule has 7 heteroatoms. The largest absolute Gasteiger partial charge is 0.477 e. The van der Waals surface area contributed by atoms with Crippen LogP contribution < -0.4 is 0 Å². The first kappa shape index (κ1) is 19.3. The Bertz CT molecular complexity index is 974. The van der Waals surface area contributed by atoms with Gasteiger partial charge in [-0.25, -0.2) is 9.78 Å². The summed E-state index contributed by atoms with van der Waals surface area (Å²) in [5, 5.41) is 8.97. The quantitative estimate of drug-likeness (QED) is 0.405. The molecule has 0 spiro atoms. The second kappa shape index (κ2) is 8.41. The molecule has 0 atom stereocenters. The zero-order chi connectivity index (χ0) is 17.8. The Morgan fingerprint density at radius 2 is 1.35 bits per heavy atom. The van der Waals surface area contributed by atoms with Crippen molar-refractivity contribution >= 4 is 17.5 Å². The number of carboxylic acid groups (broad SMARTS) is 1. The van der Waals surface area contributed by atoms with E-state index in [0.717, 1.165) is 0 Å². The van der Waals surface area contributed by atoms with Gasteiger partial charge in [-0.05, 0) is 24.3 Å². The van der Waals surface area contributed by atoms with Crippen molar-refractivity contribution in [2.45, 2.75) is 0 Å². The Kier molecular flexibility index (Phi) is 6.25. The van der Waals surface area contributed by atoms with Crippen molar-refractivity contribution in [2.24, 2.45) is 0 Å². The van der Waals surface area contributed by atoms with Gasteiger partial charge in [0.15, 0.2) is 0 Å². The van der Waals surface area contributed by atoms with Crippen LogP contribution in [-0.2, 0) is 21.1 Å². The maximum absolute atomic E-state index is 12.5. The molecule has 1 N–H and O–H groups in total. The fourth-order valence-electron chi connectivity index (χ4n) is 2.19. The SMILES string of the molecule is O=C(O)c1cccc(C(=O)c2[c-]c(C(=O)c3ccccn3)ccc2)n1.[Pt]. The first-order valence-electron chi connectivity index (χ1n) is 7.29. The summed E-state index contributed by atoms with van der Waals surface area (Å²) in [5.41, 5.74) is 0.301. The molecule has 0 unspecified atom stereocenters. The number of nitrogens with zero attached hydrogens (tertiary/aromatic N) is 2. The number of benzene rings is 1. The number of carbonyl (C=O) groups is 3. The molecule has 3 rings (SSSR count). The summed E-state index contributed by atoms with van der Waals surface area (Å²) in [7, 11) is 0. The Labute approximate surface area is 163 Å². The molecule has 6 nitrogen and oxygen atoms in total. The Balaban J connectivity index is 0.00000243. The van der Waals surface area contributed by atoms with Gasteiger partial charge < -0.3 is 14.7 Å². The van der Waals surface area contributed by atoms with Crippen LogP contribution in [0.4, 0.5) is 0 Å². The topological polar surface area (TPSA) is 97.2 Å². The average Bonchev–Trinajstić information content (AvgIpc) is 2.67. The van der Waals surface area contributed by atoms with Crippen molar-refractivity contribution in [1.82, 2.24) is 9.97 Å². The normalized spacial score (nSPS) is 9.85. The van der Waals surface area contributed by atoms with E-state index >= 15 is 0 Å². The predicted octanol–water partition coefficient (Wildman–Crippen LogP) is 2.43. The maximum Gasteiger partial charge on any atom is 0.354 e. The summed E-state index contributed by atoms with van der Waals surface area (Å²) in [6.07, 6.45) is 1.50. The standard InChI is InChI=1S/C19H11N2O4.Pt/c22-17(14-7-1-2-10-20-14)12-5-3-6-13(11-12)18(23)15-8-4-9-16(21-15)19(24)25;/h1-10H,(H,24,25);/q-1;. The zero-order valence-electron chi connectivity index (χ0n) is 13.2. The number of hydrogen-bond acceptors (Lipinski definition) is 5. The van der Waals surface area contributed by atoms with Gasteiger partial charge in [-0.2, -0.15) is 0 Å². The number of carbonyl (C=O) groups excluding carboxylic acids is 2. The van der Waals surface area contributed by atoms with E-state index in [0.29, 0.717) is 0 Å². The van der Waals surface area contributed by atoms with Gasteiger partial charge in [-0.1, -0.05) is 23.3 Å². The minimum atomic E-state index is -1.22. The van der Waals surface area contributed by atoms with Crippen LogP contribution >= 0.6 is 0 Å². The molecule has 2 heterocycles. The monoisotopic (exact) mass is 526 g/mol. The summed E-state index contributed by atoms with van der Waals surface area (Å²) < 4.78 is 0. The zero-order valence-corrected chi connectivity index (χ0v) is 15.4. The Morgan fingerprint density at radius 3 is 1.96 bits per heavy atom. The van der Waals surface area contributed by atoms with Crippen LogP contribution in [0.2, 0.25) is 0 Å². The van der Waals surface area contributed by atoms with Crippen molar-refractivity contribution in [3.63, 3.8) is 0 Å². The van der Waals surface area contributed by atoms with Crippen LogP contribution in [0.3, 0.4) is 0 Å². The van der Waals surface area contributed by atoms with Gasteiger partial charge in [-0.15, -0.1) is 24.3 Å². The minimum Gasteiger partial charge on any atom is -0.477 e. The van der Waals surface area contributed by atoms with E-state index in [2.05, 4.69) is 16.0 Å². The molecule has 2 aromatic heterocycles. The number of hydrogen-bond donors (Lipinski definition) is 1. The van der Waals surface area contributed by atoms with E-state index in [1.54, 1.807) is 24.3 Å². The molecule has 0 fully saturated rings. The van der Waals surface area contributed by atoms with Gasteiger partial charge in [0.2, 0.25) is 0 Å². The third-order valence-corrected chi connectivity index (χ3v) is 3.38. The first-order chi connectivity index (χ1) is 12.1.